The summed E-state index contributed by atoms with van der Waals surface area (Å²) in [5.74, 6) is 0.0191. The summed E-state index contributed by atoms with van der Waals surface area (Å²) < 4.78 is 0. The van der Waals surface area contributed by atoms with E-state index in [1.165, 1.54) is 6.08 Å². The number of allylic oxidation sites excluding steroid dienone is 2. The van der Waals surface area contributed by atoms with Gasteiger partial charge in [0.1, 0.15) is 5.75 Å². The number of benzene rings is 2. The molecule has 0 radical (unpaired) electrons. The van der Waals surface area contributed by atoms with Crippen LogP contribution in [0, 0.1) is 0 Å². The second-order valence-electron chi connectivity index (χ2n) is 4.22. The molecule has 0 aliphatic rings. The number of hydrogen-bond donors (Lipinski definition) is 1. The van der Waals surface area contributed by atoms with Crippen LogP contribution >= 0.6 is 11.6 Å². The fourth-order valence-electron chi connectivity index (χ4n) is 1.77. The van der Waals surface area contributed by atoms with Crippen molar-refractivity contribution >= 4 is 29.0 Å². The van der Waals surface area contributed by atoms with Gasteiger partial charge in [0, 0.05) is 10.6 Å². The number of hydrogen-bond acceptors (Lipinski definition) is 2. The molecule has 0 aromatic heterocycles. The quantitative estimate of drug-likeness (QED) is 0.670. The molecular formula is C17H13ClO2. The first kappa shape index (κ1) is 14.1. The number of phenols is 1. The normalized spacial score (nSPS) is 11.2. The highest BCUT2D eigenvalue weighted by Crippen LogP contribution is 2.22. The molecule has 0 saturated heterocycles. The van der Waals surface area contributed by atoms with Crippen molar-refractivity contribution in [3.8, 4) is 5.75 Å². The average molecular weight is 285 g/mol. The Balaban J connectivity index is 2.47. The molecule has 2 rings (SSSR count). The van der Waals surface area contributed by atoms with Gasteiger partial charge < -0.3 is 5.11 Å². The van der Waals surface area contributed by atoms with Crippen molar-refractivity contribution in [2.75, 3.05) is 0 Å². The van der Waals surface area contributed by atoms with E-state index < -0.39 is 0 Å². The van der Waals surface area contributed by atoms with Crippen LogP contribution in [0.25, 0.3) is 11.6 Å². The Morgan fingerprint density at radius 3 is 2.20 bits per heavy atom. The molecule has 2 aromatic carbocycles. The average Bonchev–Trinajstić information content (AvgIpc) is 2.47. The fourth-order valence-corrected chi connectivity index (χ4v) is 1.90. The van der Waals surface area contributed by atoms with E-state index in [-0.39, 0.29) is 11.5 Å². The molecule has 0 atom stereocenters. The molecular weight excluding hydrogens is 272 g/mol. The monoisotopic (exact) mass is 284 g/mol. The minimum Gasteiger partial charge on any atom is -0.508 e. The molecule has 0 saturated carbocycles. The highest BCUT2D eigenvalue weighted by Gasteiger charge is 2.09. The molecule has 2 aromatic rings. The summed E-state index contributed by atoms with van der Waals surface area (Å²) in [6.07, 6.45) is 3.04. The lowest BCUT2D eigenvalue weighted by Crippen LogP contribution is -1.97. The third-order valence-corrected chi connectivity index (χ3v) is 3.06. The summed E-state index contributed by atoms with van der Waals surface area (Å²) >= 11 is 5.86. The van der Waals surface area contributed by atoms with Gasteiger partial charge in [0.2, 0.25) is 0 Å². The van der Waals surface area contributed by atoms with E-state index in [1.54, 1.807) is 54.6 Å². The van der Waals surface area contributed by atoms with Crippen molar-refractivity contribution in [3.63, 3.8) is 0 Å². The highest BCUT2D eigenvalue weighted by molar-refractivity contribution is 6.31. The zero-order valence-electron chi connectivity index (χ0n) is 10.7. The zero-order chi connectivity index (χ0) is 14.5. The van der Waals surface area contributed by atoms with Crippen LogP contribution in [0.4, 0.5) is 0 Å². The summed E-state index contributed by atoms with van der Waals surface area (Å²) in [5, 5.41) is 9.89. The number of halogens is 1. The summed E-state index contributed by atoms with van der Waals surface area (Å²) in [6, 6.07) is 13.7. The van der Waals surface area contributed by atoms with E-state index in [9.17, 15) is 9.90 Å². The second kappa shape index (κ2) is 6.22. The molecule has 20 heavy (non-hydrogen) atoms. The van der Waals surface area contributed by atoms with Gasteiger partial charge in [-0.05, 0) is 47.5 Å². The fraction of sp³-hybridized carbons (Fsp3) is 0. The predicted octanol–water partition coefficient (Wildman–Crippen LogP) is 4.34. The van der Waals surface area contributed by atoms with Gasteiger partial charge in [-0.25, -0.2) is 0 Å². The Hall–Kier alpha value is -2.32. The molecule has 0 aliphatic heterocycles. The Kier molecular flexibility index (Phi) is 4.38. The largest absolute Gasteiger partial charge is 0.508 e. The van der Waals surface area contributed by atoms with Crippen molar-refractivity contribution in [3.05, 3.63) is 77.3 Å². The number of rotatable bonds is 4. The van der Waals surface area contributed by atoms with Crippen LogP contribution in [-0.4, -0.2) is 10.9 Å². The molecule has 0 aliphatic carbocycles. The second-order valence-corrected chi connectivity index (χ2v) is 4.66. The Labute approximate surface area is 122 Å². The van der Waals surface area contributed by atoms with Crippen LogP contribution in [0.15, 0.2) is 61.2 Å². The first-order valence-electron chi connectivity index (χ1n) is 6.03. The van der Waals surface area contributed by atoms with Gasteiger partial charge in [-0.15, -0.1) is 0 Å². The lowest BCUT2D eigenvalue weighted by atomic mass is 9.99. The topological polar surface area (TPSA) is 37.3 Å². The minimum atomic E-state index is -0.166. The smallest absolute Gasteiger partial charge is 0.185 e. The number of phenolic OH excluding ortho intramolecular Hbond substituents is 1. The van der Waals surface area contributed by atoms with Crippen molar-refractivity contribution in [2.24, 2.45) is 0 Å². The number of aromatic hydroxyl groups is 1. The maximum atomic E-state index is 12.0. The van der Waals surface area contributed by atoms with Gasteiger partial charge in [-0.3, -0.25) is 4.79 Å². The Morgan fingerprint density at radius 1 is 1.05 bits per heavy atom. The third kappa shape index (κ3) is 3.37. The van der Waals surface area contributed by atoms with Crippen LogP contribution in [0.2, 0.25) is 5.02 Å². The van der Waals surface area contributed by atoms with Crippen LogP contribution in [0.1, 0.15) is 11.1 Å². The van der Waals surface area contributed by atoms with Gasteiger partial charge in [0.25, 0.3) is 0 Å². The van der Waals surface area contributed by atoms with Crippen molar-refractivity contribution in [1.29, 1.82) is 0 Å². The van der Waals surface area contributed by atoms with Gasteiger partial charge >= 0.3 is 0 Å². The zero-order valence-corrected chi connectivity index (χ0v) is 11.5. The summed E-state index contributed by atoms with van der Waals surface area (Å²) in [5.41, 5.74) is 2.12. The van der Waals surface area contributed by atoms with Crippen LogP contribution in [-0.2, 0) is 4.79 Å². The number of carbonyl (C=O) groups excluding carboxylic acids is 1. The summed E-state index contributed by atoms with van der Waals surface area (Å²) in [4.78, 5) is 12.0. The van der Waals surface area contributed by atoms with Crippen LogP contribution in [0.5, 0.6) is 5.75 Å². The molecule has 0 unspecified atom stereocenters. The van der Waals surface area contributed by atoms with Crippen molar-refractivity contribution in [1.82, 2.24) is 0 Å². The van der Waals surface area contributed by atoms with Crippen LogP contribution < -0.4 is 0 Å². The maximum Gasteiger partial charge on any atom is 0.185 e. The molecule has 0 bridgehead atoms. The molecule has 1 N–H and O–H groups in total. The van der Waals surface area contributed by atoms with Crippen molar-refractivity contribution in [2.45, 2.75) is 0 Å². The van der Waals surface area contributed by atoms with E-state index in [2.05, 4.69) is 6.58 Å². The Bertz CT molecular complexity index is 652. The van der Waals surface area contributed by atoms with Gasteiger partial charge in [-0.1, -0.05) is 42.4 Å². The third-order valence-electron chi connectivity index (χ3n) is 2.81. The van der Waals surface area contributed by atoms with Gasteiger partial charge in [0.05, 0.1) is 0 Å². The molecule has 3 heteroatoms. The summed E-state index contributed by atoms with van der Waals surface area (Å²) in [7, 11) is 0. The first-order valence-corrected chi connectivity index (χ1v) is 6.41. The lowest BCUT2D eigenvalue weighted by molar-refractivity contribution is -0.109. The van der Waals surface area contributed by atoms with E-state index in [1.807, 2.05) is 0 Å². The lowest BCUT2D eigenvalue weighted by Gasteiger charge is -2.05. The molecule has 0 amide bonds. The van der Waals surface area contributed by atoms with E-state index >= 15 is 0 Å². The van der Waals surface area contributed by atoms with E-state index in [4.69, 9.17) is 11.6 Å². The molecule has 0 fully saturated rings. The molecule has 2 nitrogen and oxygen atoms in total. The minimum absolute atomic E-state index is 0.166. The van der Waals surface area contributed by atoms with E-state index in [0.29, 0.717) is 10.6 Å². The summed E-state index contributed by atoms with van der Waals surface area (Å²) in [6.45, 7) is 3.52. The SMILES string of the molecule is C=CC(=O)C(=Cc1ccc(O)cc1)c1ccc(Cl)cc1. The Morgan fingerprint density at radius 2 is 1.65 bits per heavy atom. The van der Waals surface area contributed by atoms with Gasteiger partial charge in [0.15, 0.2) is 5.78 Å². The number of ketones is 1. The van der Waals surface area contributed by atoms with E-state index in [0.717, 1.165) is 11.1 Å². The first-order chi connectivity index (χ1) is 9.60. The van der Waals surface area contributed by atoms with Crippen LogP contribution in [0.3, 0.4) is 0 Å². The maximum absolute atomic E-state index is 12.0. The molecule has 0 heterocycles. The van der Waals surface area contributed by atoms with Crippen molar-refractivity contribution < 1.29 is 9.90 Å². The van der Waals surface area contributed by atoms with Gasteiger partial charge in [-0.2, -0.15) is 0 Å². The standard InChI is InChI=1S/C17H13ClO2/c1-2-17(20)16(13-5-7-14(18)8-6-13)11-12-3-9-15(19)10-4-12/h2-11,19H,1H2. The number of carbonyl (C=O) groups is 1. The highest BCUT2D eigenvalue weighted by atomic mass is 35.5. The molecule has 0 spiro atoms. The molecule has 100 valence electrons. The predicted molar refractivity (Wildman–Crippen MR) is 82.6 cm³/mol.